The molecule has 2 aromatic heterocycles. The van der Waals surface area contributed by atoms with Crippen molar-refractivity contribution in [2.75, 3.05) is 12.4 Å². The van der Waals surface area contributed by atoms with Crippen molar-refractivity contribution in [3.8, 4) is 11.4 Å². The summed E-state index contributed by atoms with van der Waals surface area (Å²) in [5.74, 6) is 0.554. The van der Waals surface area contributed by atoms with Crippen LogP contribution in [0.2, 0.25) is 0 Å². The van der Waals surface area contributed by atoms with Crippen molar-refractivity contribution in [2.24, 2.45) is 0 Å². The maximum absolute atomic E-state index is 12.9. The van der Waals surface area contributed by atoms with Crippen molar-refractivity contribution in [3.05, 3.63) is 65.5 Å². The van der Waals surface area contributed by atoms with Crippen LogP contribution in [0.4, 0.5) is 5.13 Å². The van der Waals surface area contributed by atoms with Crippen molar-refractivity contribution >= 4 is 32.6 Å². The number of anilines is 1. The van der Waals surface area contributed by atoms with E-state index in [9.17, 15) is 4.79 Å². The second-order valence-electron chi connectivity index (χ2n) is 6.10. The number of fused-ring (bicyclic) bond motifs is 1. The number of amides is 1. The first-order valence-corrected chi connectivity index (χ1v) is 9.26. The third kappa shape index (κ3) is 3.17. The third-order valence-corrected chi connectivity index (χ3v) is 5.27. The van der Waals surface area contributed by atoms with E-state index in [0.29, 0.717) is 16.4 Å². The number of hydrogen-bond acceptors (Lipinski definition) is 5. The van der Waals surface area contributed by atoms with Gasteiger partial charge < -0.3 is 4.74 Å². The van der Waals surface area contributed by atoms with E-state index >= 15 is 0 Å². The number of rotatable bonds is 4. The molecule has 0 aliphatic heterocycles. The van der Waals surface area contributed by atoms with Crippen molar-refractivity contribution in [1.29, 1.82) is 0 Å². The number of nitrogens with one attached hydrogen (secondary N) is 1. The summed E-state index contributed by atoms with van der Waals surface area (Å²) in [5.41, 5.74) is 3.78. The predicted octanol–water partition coefficient (Wildman–Crippen LogP) is 4.36. The number of methoxy groups -OCH3 is 1. The molecular weight excluding hydrogens is 360 g/mol. The molecule has 4 aromatic rings. The Hall–Kier alpha value is -3.19. The predicted molar refractivity (Wildman–Crippen MR) is 107 cm³/mol. The fourth-order valence-corrected chi connectivity index (χ4v) is 3.93. The van der Waals surface area contributed by atoms with Gasteiger partial charge in [0, 0.05) is 0 Å². The number of hydrogen-bond donors (Lipinski definition) is 1. The van der Waals surface area contributed by atoms with Gasteiger partial charge in [0.2, 0.25) is 0 Å². The van der Waals surface area contributed by atoms with Crippen LogP contribution in [0.15, 0.2) is 48.5 Å². The zero-order valence-corrected chi connectivity index (χ0v) is 16.0. The van der Waals surface area contributed by atoms with Gasteiger partial charge in [0.1, 0.15) is 5.75 Å². The highest BCUT2D eigenvalue weighted by Gasteiger charge is 2.20. The summed E-state index contributed by atoms with van der Waals surface area (Å²) in [6, 6.07) is 15.4. The molecule has 0 saturated carbocycles. The normalized spacial score (nSPS) is 10.9. The lowest BCUT2D eigenvalue weighted by Gasteiger charge is -2.05. The second-order valence-corrected chi connectivity index (χ2v) is 7.13. The molecule has 0 bridgehead atoms. The molecule has 0 aliphatic carbocycles. The van der Waals surface area contributed by atoms with Crippen LogP contribution >= 0.6 is 11.3 Å². The van der Waals surface area contributed by atoms with Gasteiger partial charge in [-0.2, -0.15) is 5.10 Å². The zero-order chi connectivity index (χ0) is 19.0. The second kappa shape index (κ2) is 6.85. The van der Waals surface area contributed by atoms with Gasteiger partial charge in [0.05, 0.1) is 40.0 Å². The molecule has 7 heteroatoms. The smallest absolute Gasteiger partial charge is 0.261 e. The first-order chi connectivity index (χ1) is 13.1. The first kappa shape index (κ1) is 17.2. The molecule has 0 radical (unpaired) electrons. The summed E-state index contributed by atoms with van der Waals surface area (Å²) in [7, 11) is 1.63. The molecule has 1 N–H and O–H groups in total. The number of carbonyl (C=O) groups excluding carboxylic acids is 1. The summed E-state index contributed by atoms with van der Waals surface area (Å²) < 4.78 is 7.98. The topological polar surface area (TPSA) is 69.0 Å². The van der Waals surface area contributed by atoms with Crippen molar-refractivity contribution < 1.29 is 9.53 Å². The van der Waals surface area contributed by atoms with Crippen molar-refractivity contribution in [2.45, 2.75) is 13.8 Å². The van der Waals surface area contributed by atoms with Crippen LogP contribution in [0.1, 0.15) is 21.7 Å². The molecule has 2 aromatic carbocycles. The third-order valence-electron chi connectivity index (χ3n) is 4.34. The maximum atomic E-state index is 12.9. The lowest BCUT2D eigenvalue weighted by Crippen LogP contribution is -2.14. The molecule has 0 aliphatic rings. The number of benzene rings is 2. The molecule has 0 unspecified atom stereocenters. The molecule has 4 rings (SSSR count). The number of nitrogens with zero attached hydrogens (tertiary/aromatic N) is 3. The molecule has 0 spiro atoms. The standard InChI is InChI=1S/C20H18N4O2S/c1-12-18(13(2)24(23-12)14-7-5-4-6-8-14)19(25)22-20-21-16-10-9-15(26-3)11-17(16)27-20/h4-11H,1-3H3,(H,21,22,25). The van der Waals surface area contributed by atoms with E-state index in [1.165, 1.54) is 11.3 Å². The minimum absolute atomic E-state index is 0.210. The van der Waals surface area contributed by atoms with Gasteiger partial charge in [-0.25, -0.2) is 9.67 Å². The van der Waals surface area contributed by atoms with Crippen LogP contribution in [0.5, 0.6) is 5.75 Å². The fraction of sp³-hybridized carbons (Fsp3) is 0.150. The van der Waals surface area contributed by atoms with Crippen LogP contribution in [0.3, 0.4) is 0 Å². The Labute approximate surface area is 160 Å². The Balaban J connectivity index is 1.65. The first-order valence-electron chi connectivity index (χ1n) is 8.44. The van der Waals surface area contributed by atoms with Gasteiger partial charge >= 0.3 is 0 Å². The Morgan fingerprint density at radius 2 is 1.93 bits per heavy atom. The van der Waals surface area contributed by atoms with Crippen molar-refractivity contribution in [1.82, 2.24) is 14.8 Å². The Morgan fingerprint density at radius 1 is 1.15 bits per heavy atom. The van der Waals surface area contributed by atoms with Crippen LogP contribution < -0.4 is 10.1 Å². The molecule has 6 nitrogen and oxygen atoms in total. The SMILES string of the molecule is COc1ccc2nc(NC(=O)c3c(C)nn(-c4ccccc4)c3C)sc2c1. The maximum Gasteiger partial charge on any atom is 0.261 e. The number of ether oxygens (including phenoxy) is 1. The Kier molecular flexibility index (Phi) is 4.37. The van der Waals surface area contributed by atoms with E-state index in [1.807, 2.05) is 62.4 Å². The highest BCUT2D eigenvalue weighted by Crippen LogP contribution is 2.30. The van der Waals surface area contributed by atoms with Gasteiger partial charge in [0.15, 0.2) is 5.13 Å². The van der Waals surface area contributed by atoms with Gasteiger partial charge in [-0.3, -0.25) is 10.1 Å². The molecule has 136 valence electrons. The van der Waals surface area contributed by atoms with E-state index in [0.717, 1.165) is 27.3 Å². The summed E-state index contributed by atoms with van der Waals surface area (Å²) >= 11 is 1.41. The van der Waals surface area contributed by atoms with Crippen LogP contribution in [-0.4, -0.2) is 27.8 Å². The quantitative estimate of drug-likeness (QED) is 0.573. The minimum Gasteiger partial charge on any atom is -0.497 e. The summed E-state index contributed by atoms with van der Waals surface area (Å²) in [6.07, 6.45) is 0. The van der Waals surface area contributed by atoms with E-state index in [1.54, 1.807) is 11.8 Å². The van der Waals surface area contributed by atoms with Gasteiger partial charge in [0.25, 0.3) is 5.91 Å². The minimum atomic E-state index is -0.210. The van der Waals surface area contributed by atoms with E-state index < -0.39 is 0 Å². The van der Waals surface area contributed by atoms with E-state index in [4.69, 9.17) is 4.74 Å². The molecular formula is C20H18N4O2S. The Bertz CT molecular complexity index is 1130. The van der Waals surface area contributed by atoms with Crippen LogP contribution in [-0.2, 0) is 0 Å². The highest BCUT2D eigenvalue weighted by atomic mass is 32.1. The number of carbonyl (C=O) groups is 1. The number of aromatic nitrogens is 3. The number of aryl methyl sites for hydroxylation is 1. The average Bonchev–Trinajstić information content (AvgIpc) is 3.21. The molecule has 0 atom stereocenters. The lowest BCUT2D eigenvalue weighted by atomic mass is 10.2. The van der Waals surface area contributed by atoms with Crippen LogP contribution in [0.25, 0.3) is 15.9 Å². The average molecular weight is 378 g/mol. The van der Waals surface area contributed by atoms with Gasteiger partial charge in [-0.1, -0.05) is 29.5 Å². The summed E-state index contributed by atoms with van der Waals surface area (Å²) in [6.45, 7) is 3.73. The van der Waals surface area contributed by atoms with Gasteiger partial charge in [-0.15, -0.1) is 0 Å². The molecule has 0 saturated heterocycles. The van der Waals surface area contributed by atoms with E-state index in [-0.39, 0.29) is 5.91 Å². The van der Waals surface area contributed by atoms with E-state index in [2.05, 4.69) is 15.4 Å². The molecule has 1 amide bonds. The van der Waals surface area contributed by atoms with Crippen molar-refractivity contribution in [3.63, 3.8) is 0 Å². The van der Waals surface area contributed by atoms with Crippen LogP contribution in [0, 0.1) is 13.8 Å². The summed E-state index contributed by atoms with van der Waals surface area (Å²) in [4.78, 5) is 17.4. The molecule has 0 fully saturated rings. The number of thiazole rings is 1. The lowest BCUT2D eigenvalue weighted by molar-refractivity contribution is 0.102. The molecule has 27 heavy (non-hydrogen) atoms. The summed E-state index contributed by atoms with van der Waals surface area (Å²) in [5, 5.41) is 7.99. The number of para-hydroxylation sites is 1. The highest BCUT2D eigenvalue weighted by molar-refractivity contribution is 7.22. The zero-order valence-electron chi connectivity index (χ0n) is 15.2. The Morgan fingerprint density at radius 3 is 2.67 bits per heavy atom. The largest absolute Gasteiger partial charge is 0.497 e. The fourth-order valence-electron chi connectivity index (χ4n) is 3.04. The monoisotopic (exact) mass is 378 g/mol. The molecule has 2 heterocycles. The van der Waals surface area contributed by atoms with Gasteiger partial charge in [-0.05, 0) is 44.2 Å².